The molecular weight excluding hydrogens is 188 g/mol. The molecule has 2 fully saturated rings. The van der Waals surface area contributed by atoms with Gasteiger partial charge in [-0.15, -0.1) is 0 Å². The van der Waals surface area contributed by atoms with Crippen LogP contribution in [-0.4, -0.2) is 25.0 Å². The average Bonchev–Trinajstić information content (AvgIpc) is 3.01. The molecule has 86 valence electrons. The third-order valence-electron chi connectivity index (χ3n) is 3.38. The van der Waals surface area contributed by atoms with Crippen LogP contribution in [0.15, 0.2) is 0 Å². The molecule has 0 radical (unpaired) electrons. The summed E-state index contributed by atoms with van der Waals surface area (Å²) in [6, 6.07) is 0.510. The van der Waals surface area contributed by atoms with E-state index in [0.717, 1.165) is 19.5 Å². The zero-order valence-electron chi connectivity index (χ0n) is 9.43. The SMILES string of the molecule is O=C(CC1CC1)NCC1CCCCCN1. The predicted octanol–water partition coefficient (Wildman–Crippen LogP) is 1.43. The average molecular weight is 210 g/mol. The van der Waals surface area contributed by atoms with Crippen molar-refractivity contribution in [1.29, 1.82) is 0 Å². The molecule has 0 aromatic rings. The largest absolute Gasteiger partial charge is 0.355 e. The number of carbonyl (C=O) groups is 1. The first kappa shape index (κ1) is 10.9. The summed E-state index contributed by atoms with van der Waals surface area (Å²) in [5.41, 5.74) is 0. The predicted molar refractivity (Wildman–Crippen MR) is 60.6 cm³/mol. The van der Waals surface area contributed by atoms with E-state index in [4.69, 9.17) is 0 Å². The minimum Gasteiger partial charge on any atom is -0.355 e. The molecule has 0 spiro atoms. The van der Waals surface area contributed by atoms with Gasteiger partial charge in [0.15, 0.2) is 0 Å². The van der Waals surface area contributed by atoms with E-state index in [1.807, 2.05) is 0 Å². The highest BCUT2D eigenvalue weighted by atomic mass is 16.1. The second-order valence-corrected chi connectivity index (χ2v) is 4.95. The monoisotopic (exact) mass is 210 g/mol. The van der Waals surface area contributed by atoms with Gasteiger partial charge >= 0.3 is 0 Å². The van der Waals surface area contributed by atoms with Crippen LogP contribution < -0.4 is 10.6 Å². The Morgan fingerprint density at radius 2 is 2.07 bits per heavy atom. The third kappa shape index (κ3) is 4.20. The van der Waals surface area contributed by atoms with Gasteiger partial charge in [-0.3, -0.25) is 4.79 Å². The number of amides is 1. The highest BCUT2D eigenvalue weighted by Crippen LogP contribution is 2.32. The quantitative estimate of drug-likeness (QED) is 0.737. The molecule has 2 N–H and O–H groups in total. The summed E-state index contributed by atoms with van der Waals surface area (Å²) in [4.78, 5) is 11.5. The van der Waals surface area contributed by atoms with Gasteiger partial charge < -0.3 is 10.6 Å². The lowest BCUT2D eigenvalue weighted by Gasteiger charge is -2.16. The van der Waals surface area contributed by atoms with E-state index >= 15 is 0 Å². The van der Waals surface area contributed by atoms with Crippen molar-refractivity contribution >= 4 is 5.91 Å². The molecule has 1 saturated heterocycles. The van der Waals surface area contributed by atoms with Gasteiger partial charge in [0.05, 0.1) is 0 Å². The maximum absolute atomic E-state index is 11.5. The smallest absolute Gasteiger partial charge is 0.220 e. The van der Waals surface area contributed by atoms with Crippen molar-refractivity contribution in [3.05, 3.63) is 0 Å². The van der Waals surface area contributed by atoms with Crippen LogP contribution in [0.5, 0.6) is 0 Å². The molecule has 0 aromatic heterocycles. The first-order chi connectivity index (χ1) is 7.34. The Balaban J connectivity index is 1.60. The molecule has 1 amide bonds. The molecule has 3 nitrogen and oxygen atoms in total. The van der Waals surface area contributed by atoms with Crippen LogP contribution in [-0.2, 0) is 4.79 Å². The number of hydrogen-bond acceptors (Lipinski definition) is 2. The van der Waals surface area contributed by atoms with Crippen LogP contribution in [0, 0.1) is 5.92 Å². The zero-order chi connectivity index (χ0) is 10.5. The van der Waals surface area contributed by atoms with Gasteiger partial charge in [0.1, 0.15) is 0 Å². The minimum absolute atomic E-state index is 0.253. The summed E-state index contributed by atoms with van der Waals surface area (Å²) in [5, 5.41) is 6.54. The molecule has 1 saturated carbocycles. The summed E-state index contributed by atoms with van der Waals surface area (Å²) in [6.07, 6.45) is 8.41. The number of rotatable bonds is 4. The van der Waals surface area contributed by atoms with Crippen molar-refractivity contribution in [3.8, 4) is 0 Å². The molecule has 1 unspecified atom stereocenters. The molecule has 2 aliphatic rings. The molecule has 1 heterocycles. The summed E-state index contributed by atoms with van der Waals surface area (Å²) in [5.74, 6) is 0.954. The third-order valence-corrected chi connectivity index (χ3v) is 3.38. The van der Waals surface area contributed by atoms with Crippen molar-refractivity contribution in [3.63, 3.8) is 0 Å². The van der Waals surface area contributed by atoms with Gasteiger partial charge in [-0.05, 0) is 38.1 Å². The fraction of sp³-hybridized carbons (Fsp3) is 0.917. The topological polar surface area (TPSA) is 41.1 Å². The number of carbonyl (C=O) groups excluding carboxylic acids is 1. The van der Waals surface area contributed by atoms with E-state index in [9.17, 15) is 4.79 Å². The molecular formula is C12H22N2O. The maximum atomic E-state index is 11.5. The maximum Gasteiger partial charge on any atom is 0.220 e. The molecule has 0 aromatic carbocycles. The molecule has 1 atom stereocenters. The van der Waals surface area contributed by atoms with Gasteiger partial charge in [-0.1, -0.05) is 12.8 Å². The van der Waals surface area contributed by atoms with Crippen LogP contribution in [0.1, 0.15) is 44.9 Å². The van der Waals surface area contributed by atoms with Crippen molar-refractivity contribution < 1.29 is 4.79 Å². The van der Waals surface area contributed by atoms with E-state index in [-0.39, 0.29) is 5.91 Å². The lowest BCUT2D eigenvalue weighted by atomic mass is 10.1. The van der Waals surface area contributed by atoms with E-state index in [0.29, 0.717) is 12.0 Å². The fourth-order valence-electron chi connectivity index (χ4n) is 2.17. The van der Waals surface area contributed by atoms with Gasteiger partial charge in [0.2, 0.25) is 5.91 Å². The van der Waals surface area contributed by atoms with Crippen molar-refractivity contribution in [2.24, 2.45) is 5.92 Å². The fourth-order valence-corrected chi connectivity index (χ4v) is 2.17. The first-order valence-corrected chi connectivity index (χ1v) is 6.34. The van der Waals surface area contributed by atoms with Crippen LogP contribution in [0.2, 0.25) is 0 Å². The second kappa shape index (κ2) is 5.50. The van der Waals surface area contributed by atoms with E-state index in [1.165, 1.54) is 38.5 Å². The molecule has 0 bridgehead atoms. The van der Waals surface area contributed by atoms with Gasteiger partial charge in [-0.2, -0.15) is 0 Å². The Hall–Kier alpha value is -0.570. The number of hydrogen-bond donors (Lipinski definition) is 2. The van der Waals surface area contributed by atoms with Gasteiger partial charge in [-0.25, -0.2) is 0 Å². The van der Waals surface area contributed by atoms with Crippen molar-refractivity contribution in [2.45, 2.75) is 51.0 Å². The Morgan fingerprint density at radius 1 is 1.20 bits per heavy atom. The summed E-state index contributed by atoms with van der Waals surface area (Å²) in [6.45, 7) is 1.94. The molecule has 3 heteroatoms. The van der Waals surface area contributed by atoms with E-state index in [2.05, 4.69) is 10.6 Å². The minimum atomic E-state index is 0.253. The lowest BCUT2D eigenvalue weighted by Crippen LogP contribution is -2.40. The Morgan fingerprint density at radius 3 is 2.87 bits per heavy atom. The number of nitrogens with one attached hydrogen (secondary N) is 2. The van der Waals surface area contributed by atoms with Crippen LogP contribution in [0.4, 0.5) is 0 Å². The zero-order valence-corrected chi connectivity index (χ0v) is 9.43. The van der Waals surface area contributed by atoms with Crippen LogP contribution >= 0.6 is 0 Å². The Labute approximate surface area is 92.0 Å². The lowest BCUT2D eigenvalue weighted by molar-refractivity contribution is -0.121. The normalized spacial score (nSPS) is 27.1. The van der Waals surface area contributed by atoms with Crippen molar-refractivity contribution in [2.75, 3.05) is 13.1 Å². The van der Waals surface area contributed by atoms with Crippen LogP contribution in [0.25, 0.3) is 0 Å². The standard InChI is InChI=1S/C12H22N2O/c15-12(8-10-5-6-10)14-9-11-4-2-1-3-7-13-11/h10-11,13H,1-9H2,(H,14,15). The highest BCUT2D eigenvalue weighted by Gasteiger charge is 2.24. The second-order valence-electron chi connectivity index (χ2n) is 4.95. The summed E-state index contributed by atoms with van der Waals surface area (Å²) >= 11 is 0. The first-order valence-electron chi connectivity index (χ1n) is 6.34. The Bertz CT molecular complexity index is 206. The summed E-state index contributed by atoms with van der Waals surface area (Å²) < 4.78 is 0. The van der Waals surface area contributed by atoms with E-state index < -0.39 is 0 Å². The molecule has 1 aliphatic heterocycles. The molecule has 1 aliphatic carbocycles. The highest BCUT2D eigenvalue weighted by molar-refractivity contribution is 5.76. The van der Waals surface area contributed by atoms with Crippen LogP contribution in [0.3, 0.4) is 0 Å². The molecule has 15 heavy (non-hydrogen) atoms. The Kier molecular flexibility index (Phi) is 4.01. The van der Waals surface area contributed by atoms with Gasteiger partial charge in [0, 0.05) is 19.0 Å². The van der Waals surface area contributed by atoms with Crippen molar-refractivity contribution in [1.82, 2.24) is 10.6 Å². The van der Waals surface area contributed by atoms with Gasteiger partial charge in [0.25, 0.3) is 0 Å². The van der Waals surface area contributed by atoms with E-state index in [1.54, 1.807) is 0 Å². The summed E-state index contributed by atoms with van der Waals surface area (Å²) in [7, 11) is 0. The molecule has 2 rings (SSSR count).